The molecule has 2 aromatic rings. The monoisotopic (exact) mass is 232 g/mol. The Morgan fingerprint density at radius 3 is 2.06 bits per heavy atom. The molecule has 7 rings (SSSR count). The second-order valence-electron chi connectivity index (χ2n) is 5.43. The van der Waals surface area contributed by atoms with E-state index in [2.05, 4.69) is 61.4 Å². The van der Waals surface area contributed by atoms with Crippen LogP contribution < -0.4 is 0 Å². The Hall–Kier alpha value is -1.69. The van der Waals surface area contributed by atoms with Crippen LogP contribution in [0, 0.1) is 12.8 Å². The lowest BCUT2D eigenvalue weighted by atomic mass is 10.0. The minimum Gasteiger partial charge on any atom is -0.0585 e. The topological polar surface area (TPSA) is 0 Å². The Balaban J connectivity index is 1.75. The molecule has 87 valence electrons. The summed E-state index contributed by atoms with van der Waals surface area (Å²) in [5.41, 5.74) is 5.68. The summed E-state index contributed by atoms with van der Waals surface area (Å²) in [6.07, 6.45) is 6.90. The van der Waals surface area contributed by atoms with E-state index in [0.717, 1.165) is 18.3 Å². The fraction of sp³-hybridized carbons (Fsp3) is 0.222. The molecule has 0 nitrogen and oxygen atoms in total. The quantitative estimate of drug-likeness (QED) is 0.588. The Morgan fingerprint density at radius 2 is 1.39 bits per heavy atom. The second kappa shape index (κ2) is 3.91. The zero-order valence-electron chi connectivity index (χ0n) is 10.3. The van der Waals surface area contributed by atoms with Gasteiger partial charge in [0.25, 0.3) is 0 Å². The summed E-state index contributed by atoms with van der Waals surface area (Å²) >= 11 is 0. The first-order chi connectivity index (χ1) is 8.90. The predicted octanol–water partition coefficient (Wildman–Crippen LogP) is 4.47. The number of rotatable bonds is 0. The Morgan fingerprint density at radius 1 is 0.778 bits per heavy atom. The zero-order valence-corrected chi connectivity index (χ0v) is 10.3. The highest BCUT2D eigenvalue weighted by atomic mass is 14.4. The molecule has 0 amide bonds. The number of benzene rings is 2. The van der Waals surface area contributed by atoms with Gasteiger partial charge in [-0.1, -0.05) is 24.3 Å². The molecule has 5 aliphatic carbocycles. The molecule has 0 aromatic heterocycles. The normalized spacial score (nSPS) is 24.4. The van der Waals surface area contributed by atoms with Crippen molar-refractivity contribution >= 4 is 0 Å². The van der Waals surface area contributed by atoms with Gasteiger partial charge in [-0.15, -0.1) is 0 Å². The first-order valence-corrected chi connectivity index (χ1v) is 6.76. The van der Waals surface area contributed by atoms with Crippen LogP contribution >= 0.6 is 0 Å². The van der Waals surface area contributed by atoms with Crippen LogP contribution in [0.15, 0.2) is 48.5 Å². The third-order valence-electron chi connectivity index (χ3n) is 4.23. The van der Waals surface area contributed by atoms with Crippen molar-refractivity contribution in [2.45, 2.75) is 24.7 Å². The Bertz CT molecular complexity index is 496. The van der Waals surface area contributed by atoms with Gasteiger partial charge in [0, 0.05) is 31.4 Å². The highest BCUT2D eigenvalue weighted by molar-refractivity contribution is 5.41. The lowest BCUT2D eigenvalue weighted by molar-refractivity contribution is 1.03. The molecule has 0 saturated heterocycles. The van der Waals surface area contributed by atoms with Gasteiger partial charge < -0.3 is 0 Å². The molecule has 2 aromatic carbocycles. The average molecular weight is 232 g/mol. The summed E-state index contributed by atoms with van der Waals surface area (Å²) in [4.78, 5) is 0. The molecule has 0 aliphatic heterocycles. The molecule has 1 fully saturated rings. The van der Waals surface area contributed by atoms with Gasteiger partial charge in [0.1, 0.15) is 5.56 Å². The van der Waals surface area contributed by atoms with Crippen molar-refractivity contribution in [3.8, 4) is 0 Å². The average Bonchev–Trinajstić information content (AvgIpc) is 3.20. The summed E-state index contributed by atoms with van der Waals surface area (Å²) in [5.74, 6) is 1.49. The first kappa shape index (κ1) is 10.3. The van der Waals surface area contributed by atoms with Crippen LogP contribution in [-0.2, 0) is 0 Å². The molecule has 0 N–H and O–H groups in total. The molecule has 18 heavy (non-hydrogen) atoms. The third-order valence-corrected chi connectivity index (χ3v) is 4.23. The highest BCUT2D eigenvalue weighted by Gasteiger charge is 2.39. The summed E-state index contributed by atoms with van der Waals surface area (Å²) < 4.78 is 0. The van der Waals surface area contributed by atoms with Crippen molar-refractivity contribution in [2.24, 2.45) is 0 Å². The van der Waals surface area contributed by atoms with Crippen LogP contribution in [0.3, 0.4) is 0 Å². The molecule has 0 heterocycles. The van der Waals surface area contributed by atoms with Crippen molar-refractivity contribution < 1.29 is 0 Å². The maximum Gasteiger partial charge on any atom is 0.129 e. The Kier molecular flexibility index (Phi) is 2.23. The standard InChI is InChI=1S/C18H16/c1-2-13-4-8-15(9-5-13)17-12-18(17)16-10-6-14(3-1)7-11-16/h2-11,17-18H,1,12H2/q+1. The number of hydrogen-bond donors (Lipinski definition) is 0. The molecule has 1 radical (unpaired) electrons. The van der Waals surface area contributed by atoms with E-state index in [1.807, 2.05) is 0 Å². The van der Waals surface area contributed by atoms with E-state index in [0.29, 0.717) is 0 Å². The maximum absolute atomic E-state index is 2.31. The lowest BCUT2D eigenvalue weighted by Gasteiger charge is -2.02. The first-order valence-electron chi connectivity index (χ1n) is 6.76. The predicted molar refractivity (Wildman–Crippen MR) is 74.4 cm³/mol. The van der Waals surface area contributed by atoms with Gasteiger partial charge in [-0.25, -0.2) is 0 Å². The van der Waals surface area contributed by atoms with Crippen LogP contribution in [0.25, 0.3) is 0 Å². The summed E-state index contributed by atoms with van der Waals surface area (Å²) in [6, 6.07) is 18.3. The van der Waals surface area contributed by atoms with Crippen molar-refractivity contribution in [1.29, 1.82) is 0 Å². The highest BCUT2D eigenvalue weighted by Crippen LogP contribution is 2.54. The fourth-order valence-electron chi connectivity index (χ4n) is 3.02. The van der Waals surface area contributed by atoms with Gasteiger partial charge in [-0.3, -0.25) is 0 Å². The van der Waals surface area contributed by atoms with E-state index >= 15 is 0 Å². The van der Waals surface area contributed by atoms with Crippen molar-refractivity contribution in [2.75, 3.05) is 0 Å². The van der Waals surface area contributed by atoms with Gasteiger partial charge in [0.2, 0.25) is 0 Å². The molecule has 2 unspecified atom stereocenters. The Labute approximate surface area is 109 Å². The fourth-order valence-corrected chi connectivity index (χ4v) is 3.02. The van der Waals surface area contributed by atoms with Crippen LogP contribution in [0.1, 0.15) is 46.9 Å². The maximum atomic E-state index is 2.31. The van der Waals surface area contributed by atoms with Crippen LogP contribution in [0.4, 0.5) is 0 Å². The van der Waals surface area contributed by atoms with Gasteiger partial charge >= 0.3 is 0 Å². The van der Waals surface area contributed by atoms with Crippen LogP contribution in [-0.4, -0.2) is 0 Å². The summed E-state index contributed by atoms with van der Waals surface area (Å²) in [5, 5.41) is 0. The summed E-state index contributed by atoms with van der Waals surface area (Å²) in [7, 11) is 0. The van der Waals surface area contributed by atoms with E-state index in [1.165, 1.54) is 28.7 Å². The lowest BCUT2D eigenvalue weighted by Crippen LogP contribution is -1.86. The van der Waals surface area contributed by atoms with Crippen LogP contribution in [0.5, 0.6) is 0 Å². The molecular weight excluding hydrogens is 216 g/mol. The van der Waals surface area contributed by atoms with E-state index < -0.39 is 0 Å². The van der Waals surface area contributed by atoms with E-state index in [4.69, 9.17) is 0 Å². The molecule has 2 atom stereocenters. The van der Waals surface area contributed by atoms with E-state index in [1.54, 1.807) is 0 Å². The van der Waals surface area contributed by atoms with Crippen molar-refractivity contribution in [3.05, 3.63) is 83.6 Å². The molecule has 4 bridgehead atoms. The van der Waals surface area contributed by atoms with E-state index in [9.17, 15) is 0 Å². The van der Waals surface area contributed by atoms with Crippen LogP contribution in [0.2, 0.25) is 0 Å². The third kappa shape index (κ3) is 1.73. The molecule has 0 spiro atoms. The van der Waals surface area contributed by atoms with Gasteiger partial charge in [-0.05, 0) is 47.1 Å². The smallest absolute Gasteiger partial charge is 0.0585 e. The van der Waals surface area contributed by atoms with Gasteiger partial charge in [-0.2, -0.15) is 0 Å². The molecule has 5 aliphatic rings. The largest absolute Gasteiger partial charge is 0.129 e. The SMILES string of the molecule is [CH]1C[CH+]c2ccc(cc2)C2CC2c2ccc1cc2. The number of hydrogen-bond acceptors (Lipinski definition) is 0. The van der Waals surface area contributed by atoms with Gasteiger partial charge in [0.15, 0.2) is 0 Å². The van der Waals surface area contributed by atoms with Crippen molar-refractivity contribution in [1.82, 2.24) is 0 Å². The van der Waals surface area contributed by atoms with Gasteiger partial charge in [0.05, 0.1) is 0 Å². The molecule has 0 heteroatoms. The minimum atomic E-state index is 0.745. The van der Waals surface area contributed by atoms with E-state index in [-0.39, 0.29) is 0 Å². The summed E-state index contributed by atoms with van der Waals surface area (Å²) in [6.45, 7) is 0. The molecular formula is C18H16+. The zero-order chi connectivity index (χ0) is 11.9. The van der Waals surface area contributed by atoms with Crippen molar-refractivity contribution in [3.63, 3.8) is 0 Å². The minimum absolute atomic E-state index is 0.745. The molecule has 1 saturated carbocycles. The second-order valence-corrected chi connectivity index (χ2v) is 5.43.